The standard InChI is InChI=1S/C15H19N5O4S/c1-18-10-14(16-11-18)25(23,24)20-8-6-19(7-9-20)13-4-2-12(3-5-13)15(21)17-22/h2-5,10-11,22H,6-9H2,1H3,(H,17,21). The summed E-state index contributed by atoms with van der Waals surface area (Å²) in [4.78, 5) is 17.3. The van der Waals surface area contributed by atoms with Gasteiger partial charge in [-0.2, -0.15) is 4.31 Å². The van der Waals surface area contributed by atoms with E-state index in [1.165, 1.54) is 16.8 Å². The van der Waals surface area contributed by atoms with E-state index in [2.05, 4.69) is 4.98 Å². The fraction of sp³-hybridized carbons (Fsp3) is 0.333. The smallest absolute Gasteiger partial charge is 0.274 e. The third kappa shape index (κ3) is 3.50. The highest BCUT2D eigenvalue weighted by Crippen LogP contribution is 2.20. The van der Waals surface area contributed by atoms with Crippen LogP contribution >= 0.6 is 0 Å². The second-order valence-corrected chi connectivity index (χ2v) is 7.64. The molecule has 1 aliphatic rings. The summed E-state index contributed by atoms with van der Waals surface area (Å²) in [7, 11) is -1.85. The Balaban J connectivity index is 1.66. The summed E-state index contributed by atoms with van der Waals surface area (Å²) in [5.41, 5.74) is 2.83. The van der Waals surface area contributed by atoms with Gasteiger partial charge < -0.3 is 9.47 Å². The number of nitrogens with zero attached hydrogens (tertiary/aromatic N) is 4. The van der Waals surface area contributed by atoms with Crippen molar-refractivity contribution in [3.8, 4) is 0 Å². The van der Waals surface area contributed by atoms with Gasteiger partial charge in [-0.15, -0.1) is 0 Å². The van der Waals surface area contributed by atoms with Crippen molar-refractivity contribution in [2.45, 2.75) is 5.03 Å². The van der Waals surface area contributed by atoms with E-state index in [1.807, 2.05) is 4.90 Å². The maximum Gasteiger partial charge on any atom is 0.274 e. The van der Waals surface area contributed by atoms with Gasteiger partial charge in [0.15, 0.2) is 5.03 Å². The van der Waals surface area contributed by atoms with Crippen LogP contribution in [0, 0.1) is 0 Å². The van der Waals surface area contributed by atoms with Gasteiger partial charge in [0.05, 0.1) is 6.33 Å². The molecule has 0 bridgehead atoms. The average molecular weight is 365 g/mol. The number of aryl methyl sites for hydroxylation is 1. The first kappa shape index (κ1) is 17.4. The minimum atomic E-state index is -3.57. The molecule has 134 valence electrons. The molecule has 3 rings (SSSR count). The monoisotopic (exact) mass is 365 g/mol. The molecule has 1 aliphatic heterocycles. The summed E-state index contributed by atoms with van der Waals surface area (Å²) in [6, 6.07) is 6.76. The lowest BCUT2D eigenvalue weighted by atomic mass is 10.2. The fourth-order valence-electron chi connectivity index (χ4n) is 2.73. The molecule has 0 unspecified atom stereocenters. The molecule has 1 aromatic heterocycles. The highest BCUT2D eigenvalue weighted by Gasteiger charge is 2.30. The second-order valence-electron chi connectivity index (χ2n) is 5.76. The van der Waals surface area contributed by atoms with Crippen LogP contribution in [0.25, 0.3) is 0 Å². The summed E-state index contributed by atoms with van der Waals surface area (Å²) in [6.07, 6.45) is 2.96. The zero-order valence-corrected chi connectivity index (χ0v) is 14.5. The molecule has 2 aromatic rings. The lowest BCUT2D eigenvalue weighted by Gasteiger charge is -2.35. The predicted octanol–water partition coefficient (Wildman–Crippen LogP) is 0.0500. The number of hydrogen-bond donors (Lipinski definition) is 2. The van der Waals surface area contributed by atoms with Crippen molar-refractivity contribution in [2.24, 2.45) is 7.05 Å². The number of carbonyl (C=O) groups excluding carboxylic acids is 1. The normalized spacial score (nSPS) is 16.0. The van der Waals surface area contributed by atoms with E-state index in [0.29, 0.717) is 31.7 Å². The molecule has 1 aromatic carbocycles. The SMILES string of the molecule is Cn1cnc(S(=O)(=O)N2CCN(c3ccc(C(=O)NO)cc3)CC2)c1. The molecule has 1 saturated heterocycles. The molecule has 0 radical (unpaired) electrons. The molecule has 2 heterocycles. The fourth-order valence-corrected chi connectivity index (χ4v) is 4.12. The van der Waals surface area contributed by atoms with E-state index in [4.69, 9.17) is 5.21 Å². The van der Waals surface area contributed by atoms with E-state index in [-0.39, 0.29) is 5.03 Å². The number of sulfonamides is 1. The molecule has 9 nitrogen and oxygen atoms in total. The Morgan fingerprint density at radius 2 is 1.80 bits per heavy atom. The molecule has 1 amide bonds. The molecule has 25 heavy (non-hydrogen) atoms. The summed E-state index contributed by atoms with van der Waals surface area (Å²) in [5, 5.41) is 8.69. The van der Waals surface area contributed by atoms with Crippen LogP contribution in [0.15, 0.2) is 41.8 Å². The van der Waals surface area contributed by atoms with Gasteiger partial charge in [0.25, 0.3) is 15.9 Å². The lowest BCUT2D eigenvalue weighted by molar-refractivity contribution is 0.0706. The Bertz CT molecular complexity index is 854. The van der Waals surface area contributed by atoms with Gasteiger partial charge in [-0.25, -0.2) is 18.9 Å². The molecular weight excluding hydrogens is 346 g/mol. The Hall–Kier alpha value is -2.43. The largest absolute Gasteiger partial charge is 0.369 e. The van der Waals surface area contributed by atoms with Gasteiger partial charge in [0, 0.05) is 50.7 Å². The number of aromatic nitrogens is 2. The first-order valence-corrected chi connectivity index (χ1v) is 9.13. The van der Waals surface area contributed by atoms with Crippen LogP contribution in [0.2, 0.25) is 0 Å². The Morgan fingerprint density at radius 3 is 2.32 bits per heavy atom. The van der Waals surface area contributed by atoms with E-state index in [9.17, 15) is 13.2 Å². The number of amides is 1. The molecule has 2 N–H and O–H groups in total. The van der Waals surface area contributed by atoms with E-state index >= 15 is 0 Å². The van der Waals surface area contributed by atoms with Crippen LogP contribution in [0.1, 0.15) is 10.4 Å². The highest BCUT2D eigenvalue weighted by atomic mass is 32.2. The number of nitrogens with one attached hydrogen (secondary N) is 1. The van der Waals surface area contributed by atoms with Crippen LogP contribution in [-0.2, 0) is 17.1 Å². The molecule has 10 heteroatoms. The third-order valence-electron chi connectivity index (χ3n) is 4.12. The maximum absolute atomic E-state index is 12.6. The minimum Gasteiger partial charge on any atom is -0.369 e. The number of carbonyl (C=O) groups is 1. The number of hydrogen-bond acceptors (Lipinski definition) is 6. The number of piperazine rings is 1. The van der Waals surface area contributed by atoms with Crippen molar-refractivity contribution in [3.63, 3.8) is 0 Å². The van der Waals surface area contributed by atoms with E-state index in [0.717, 1.165) is 5.69 Å². The van der Waals surface area contributed by atoms with Gasteiger partial charge >= 0.3 is 0 Å². The number of anilines is 1. The maximum atomic E-state index is 12.6. The summed E-state index contributed by atoms with van der Waals surface area (Å²) in [5.74, 6) is -0.571. The molecule has 0 atom stereocenters. The van der Waals surface area contributed by atoms with Crippen molar-refractivity contribution < 1.29 is 18.4 Å². The van der Waals surface area contributed by atoms with Gasteiger partial charge in [-0.1, -0.05) is 0 Å². The highest BCUT2D eigenvalue weighted by molar-refractivity contribution is 7.89. The topological polar surface area (TPSA) is 108 Å². The molecule has 1 fully saturated rings. The van der Waals surface area contributed by atoms with Crippen LogP contribution < -0.4 is 10.4 Å². The van der Waals surface area contributed by atoms with Gasteiger partial charge in [-0.05, 0) is 24.3 Å². The quantitative estimate of drug-likeness (QED) is 0.586. The van der Waals surface area contributed by atoms with Crippen molar-refractivity contribution >= 4 is 21.6 Å². The van der Waals surface area contributed by atoms with Crippen molar-refractivity contribution in [1.29, 1.82) is 0 Å². The van der Waals surface area contributed by atoms with E-state index in [1.54, 1.807) is 41.4 Å². The van der Waals surface area contributed by atoms with E-state index < -0.39 is 15.9 Å². The van der Waals surface area contributed by atoms with Crippen LogP contribution in [0.4, 0.5) is 5.69 Å². The number of hydroxylamine groups is 1. The molecule has 0 saturated carbocycles. The van der Waals surface area contributed by atoms with Crippen molar-refractivity contribution in [3.05, 3.63) is 42.4 Å². The number of imidazole rings is 1. The first-order valence-electron chi connectivity index (χ1n) is 7.69. The van der Waals surface area contributed by atoms with Gasteiger partial charge in [0.2, 0.25) is 0 Å². The Kier molecular flexibility index (Phi) is 4.75. The lowest BCUT2D eigenvalue weighted by Crippen LogP contribution is -2.48. The van der Waals surface area contributed by atoms with Crippen molar-refractivity contribution in [2.75, 3.05) is 31.1 Å². The van der Waals surface area contributed by atoms with Crippen LogP contribution in [0.5, 0.6) is 0 Å². The summed E-state index contributed by atoms with van der Waals surface area (Å²) in [6.45, 7) is 1.80. The zero-order valence-electron chi connectivity index (χ0n) is 13.7. The Morgan fingerprint density at radius 1 is 1.16 bits per heavy atom. The van der Waals surface area contributed by atoms with Gasteiger partial charge in [0.1, 0.15) is 0 Å². The first-order chi connectivity index (χ1) is 11.9. The molecular formula is C15H19N5O4S. The zero-order chi connectivity index (χ0) is 18.0. The summed E-state index contributed by atoms with van der Waals surface area (Å²) >= 11 is 0. The summed E-state index contributed by atoms with van der Waals surface area (Å²) < 4.78 is 28.2. The van der Waals surface area contributed by atoms with Crippen molar-refractivity contribution in [1.82, 2.24) is 19.3 Å². The minimum absolute atomic E-state index is 0.0582. The number of rotatable bonds is 4. The molecule has 0 spiro atoms. The average Bonchev–Trinajstić information content (AvgIpc) is 3.08. The Labute approximate surface area is 145 Å². The second kappa shape index (κ2) is 6.82. The third-order valence-corrected chi connectivity index (χ3v) is 5.90. The predicted molar refractivity (Wildman–Crippen MR) is 89.9 cm³/mol. The van der Waals surface area contributed by atoms with Crippen LogP contribution in [-0.4, -0.2) is 59.6 Å². The van der Waals surface area contributed by atoms with Crippen LogP contribution in [0.3, 0.4) is 0 Å². The number of benzene rings is 1. The molecule has 0 aliphatic carbocycles. The van der Waals surface area contributed by atoms with Gasteiger partial charge in [-0.3, -0.25) is 10.0 Å².